The molecule has 1 unspecified atom stereocenters. The molecule has 1 aliphatic heterocycles. The molecule has 1 atom stereocenters. The largest absolute Gasteiger partial charge is 0.356 e. The third-order valence-electron chi connectivity index (χ3n) is 3.81. The van der Waals surface area contributed by atoms with E-state index in [0.29, 0.717) is 6.17 Å². The number of benzene rings is 1. The first-order chi connectivity index (χ1) is 9.36. The van der Waals surface area contributed by atoms with E-state index >= 15 is 0 Å². The molecule has 0 saturated carbocycles. The summed E-state index contributed by atoms with van der Waals surface area (Å²) in [5, 5.41) is 0. The fourth-order valence-corrected chi connectivity index (χ4v) is 2.75. The minimum atomic E-state index is 0.490. The maximum absolute atomic E-state index is 2.49. The molecule has 2 nitrogen and oxygen atoms in total. The molecular weight excluding hydrogens is 232 g/mol. The molecule has 2 heteroatoms. The van der Waals surface area contributed by atoms with Crippen molar-refractivity contribution in [2.45, 2.75) is 52.1 Å². The van der Waals surface area contributed by atoms with Crippen molar-refractivity contribution in [3.8, 4) is 0 Å². The van der Waals surface area contributed by atoms with Crippen LogP contribution in [0.4, 0.5) is 5.69 Å². The summed E-state index contributed by atoms with van der Waals surface area (Å²) in [4.78, 5) is 4.88. The highest BCUT2D eigenvalue weighted by Gasteiger charge is 2.24. The van der Waals surface area contributed by atoms with Crippen LogP contribution in [0.1, 0.15) is 46.0 Å². The predicted octanol–water partition coefficient (Wildman–Crippen LogP) is 4.60. The van der Waals surface area contributed by atoms with Gasteiger partial charge in [0.1, 0.15) is 6.17 Å². The minimum absolute atomic E-state index is 0.490. The normalized spacial score (nSPS) is 18.3. The van der Waals surface area contributed by atoms with Crippen LogP contribution in [0.15, 0.2) is 42.7 Å². The summed E-state index contributed by atoms with van der Waals surface area (Å²) in [5.41, 5.74) is 1.29. The second-order valence-electron chi connectivity index (χ2n) is 5.23. The summed E-state index contributed by atoms with van der Waals surface area (Å²) >= 11 is 0. The summed E-state index contributed by atoms with van der Waals surface area (Å²) in [5.74, 6) is 0. The van der Waals surface area contributed by atoms with Gasteiger partial charge in [0.2, 0.25) is 0 Å². The Balaban J connectivity index is 1.93. The van der Waals surface area contributed by atoms with Gasteiger partial charge in [0.05, 0.1) is 0 Å². The molecule has 1 aliphatic rings. The van der Waals surface area contributed by atoms with Crippen molar-refractivity contribution in [2.24, 2.45) is 0 Å². The van der Waals surface area contributed by atoms with Gasteiger partial charge in [-0.15, -0.1) is 0 Å². The van der Waals surface area contributed by atoms with Crippen molar-refractivity contribution in [3.63, 3.8) is 0 Å². The van der Waals surface area contributed by atoms with Gasteiger partial charge in [-0.05, 0) is 25.0 Å². The number of unbranched alkanes of at least 4 members (excludes halogenated alkanes) is 3. The molecule has 0 aliphatic carbocycles. The smallest absolute Gasteiger partial charge is 0.105 e. The van der Waals surface area contributed by atoms with Crippen LogP contribution in [-0.2, 0) is 0 Å². The van der Waals surface area contributed by atoms with E-state index in [9.17, 15) is 0 Å². The van der Waals surface area contributed by atoms with Gasteiger partial charge in [-0.2, -0.15) is 0 Å². The quantitative estimate of drug-likeness (QED) is 0.660. The number of nitrogens with zero attached hydrogens (tertiary/aromatic N) is 2. The number of anilines is 1. The molecule has 0 N–H and O–H groups in total. The molecule has 0 radical (unpaired) electrons. The molecular formula is C17H26N2. The van der Waals surface area contributed by atoms with Crippen LogP contribution in [0.25, 0.3) is 0 Å². The first-order valence-electron chi connectivity index (χ1n) is 7.64. The zero-order valence-corrected chi connectivity index (χ0v) is 12.3. The third kappa shape index (κ3) is 3.52. The molecule has 104 valence electrons. The van der Waals surface area contributed by atoms with Gasteiger partial charge in [0.15, 0.2) is 0 Å². The standard InChI is InChI=1S/C17H26N2/c1-3-5-6-10-13-18-14-15-19(17(18)4-2)16-11-8-7-9-12-16/h7-9,11-12,14-15,17H,3-6,10,13H2,1-2H3. The van der Waals surface area contributed by atoms with Gasteiger partial charge in [0.25, 0.3) is 0 Å². The first kappa shape index (κ1) is 14.0. The fourth-order valence-electron chi connectivity index (χ4n) is 2.75. The van der Waals surface area contributed by atoms with Crippen LogP contribution in [0, 0.1) is 0 Å². The maximum atomic E-state index is 2.49. The Morgan fingerprint density at radius 2 is 1.74 bits per heavy atom. The lowest BCUT2D eigenvalue weighted by atomic mass is 10.2. The number of para-hydroxylation sites is 1. The predicted molar refractivity (Wildman–Crippen MR) is 83.0 cm³/mol. The Morgan fingerprint density at radius 1 is 0.947 bits per heavy atom. The fraction of sp³-hybridized carbons (Fsp3) is 0.529. The highest BCUT2D eigenvalue weighted by molar-refractivity contribution is 5.51. The second-order valence-corrected chi connectivity index (χ2v) is 5.23. The van der Waals surface area contributed by atoms with E-state index in [0.717, 1.165) is 6.42 Å². The molecule has 0 bridgehead atoms. The summed E-state index contributed by atoms with van der Waals surface area (Å²) in [6, 6.07) is 10.7. The van der Waals surface area contributed by atoms with Crippen molar-refractivity contribution in [1.29, 1.82) is 0 Å². The summed E-state index contributed by atoms with van der Waals surface area (Å²) < 4.78 is 0. The molecule has 0 amide bonds. The molecule has 1 heterocycles. The van der Waals surface area contributed by atoms with Gasteiger partial charge >= 0.3 is 0 Å². The molecule has 2 rings (SSSR count). The van der Waals surface area contributed by atoms with Gasteiger partial charge in [-0.25, -0.2) is 0 Å². The summed E-state index contributed by atoms with van der Waals surface area (Å²) in [6.45, 7) is 5.72. The van der Waals surface area contributed by atoms with Gasteiger partial charge in [0, 0.05) is 24.6 Å². The second kappa shape index (κ2) is 7.22. The van der Waals surface area contributed by atoms with E-state index < -0.39 is 0 Å². The lowest BCUT2D eigenvalue weighted by Crippen LogP contribution is -2.38. The molecule has 0 fully saturated rings. The van der Waals surface area contributed by atoms with Crippen molar-refractivity contribution >= 4 is 5.69 Å². The molecule has 0 saturated heterocycles. The Labute approximate surface area is 117 Å². The highest BCUT2D eigenvalue weighted by atomic mass is 15.4. The van der Waals surface area contributed by atoms with Crippen LogP contribution < -0.4 is 4.90 Å². The SMILES string of the molecule is CCCCCCN1C=CN(c2ccccc2)C1CC. The topological polar surface area (TPSA) is 6.48 Å². The van der Waals surface area contributed by atoms with Crippen molar-refractivity contribution in [1.82, 2.24) is 4.90 Å². The number of rotatable bonds is 7. The number of hydrogen-bond acceptors (Lipinski definition) is 2. The van der Waals surface area contributed by atoms with E-state index in [1.807, 2.05) is 0 Å². The number of hydrogen-bond donors (Lipinski definition) is 0. The van der Waals surface area contributed by atoms with Crippen molar-refractivity contribution in [3.05, 3.63) is 42.7 Å². The zero-order chi connectivity index (χ0) is 13.5. The Hall–Kier alpha value is -1.44. The van der Waals surface area contributed by atoms with E-state index in [1.54, 1.807) is 0 Å². The van der Waals surface area contributed by atoms with Crippen LogP contribution in [0.3, 0.4) is 0 Å². The van der Waals surface area contributed by atoms with E-state index in [4.69, 9.17) is 0 Å². The molecule has 19 heavy (non-hydrogen) atoms. The van der Waals surface area contributed by atoms with E-state index in [-0.39, 0.29) is 0 Å². The highest BCUT2D eigenvalue weighted by Crippen LogP contribution is 2.26. The van der Waals surface area contributed by atoms with Crippen LogP contribution in [-0.4, -0.2) is 17.6 Å². The van der Waals surface area contributed by atoms with Gasteiger partial charge < -0.3 is 9.80 Å². The molecule has 0 aromatic heterocycles. The lowest BCUT2D eigenvalue weighted by molar-refractivity contribution is 0.286. The Morgan fingerprint density at radius 3 is 2.42 bits per heavy atom. The van der Waals surface area contributed by atoms with E-state index in [2.05, 4.69) is 66.4 Å². The molecule has 0 spiro atoms. The van der Waals surface area contributed by atoms with Gasteiger partial charge in [-0.1, -0.05) is 51.3 Å². The first-order valence-corrected chi connectivity index (χ1v) is 7.64. The summed E-state index contributed by atoms with van der Waals surface area (Å²) in [6.07, 6.45) is 11.4. The monoisotopic (exact) mass is 258 g/mol. The molecule has 1 aromatic rings. The van der Waals surface area contributed by atoms with Crippen molar-refractivity contribution in [2.75, 3.05) is 11.4 Å². The van der Waals surface area contributed by atoms with Crippen molar-refractivity contribution < 1.29 is 0 Å². The molecule has 1 aromatic carbocycles. The van der Waals surface area contributed by atoms with Crippen LogP contribution >= 0.6 is 0 Å². The minimum Gasteiger partial charge on any atom is -0.356 e. The summed E-state index contributed by atoms with van der Waals surface area (Å²) in [7, 11) is 0. The maximum Gasteiger partial charge on any atom is 0.105 e. The zero-order valence-electron chi connectivity index (χ0n) is 12.3. The third-order valence-corrected chi connectivity index (χ3v) is 3.81. The van der Waals surface area contributed by atoms with Crippen LogP contribution in [0.2, 0.25) is 0 Å². The van der Waals surface area contributed by atoms with Crippen LogP contribution in [0.5, 0.6) is 0 Å². The Bertz CT molecular complexity index is 386. The van der Waals surface area contributed by atoms with Gasteiger partial charge in [-0.3, -0.25) is 0 Å². The Kier molecular flexibility index (Phi) is 5.31. The van der Waals surface area contributed by atoms with E-state index in [1.165, 1.54) is 37.9 Å². The average molecular weight is 258 g/mol. The lowest BCUT2D eigenvalue weighted by Gasteiger charge is -2.32. The average Bonchev–Trinajstić information content (AvgIpc) is 2.87.